The first-order valence-corrected chi connectivity index (χ1v) is 5.14. The van der Waals surface area contributed by atoms with E-state index < -0.39 is 0 Å². The lowest BCUT2D eigenvalue weighted by molar-refractivity contribution is -0.135. The van der Waals surface area contributed by atoms with E-state index in [1.54, 1.807) is 4.90 Å². The highest BCUT2D eigenvalue weighted by atomic mass is 16.5. The molecule has 2 N–H and O–H groups in total. The molecule has 0 aliphatic carbocycles. The highest BCUT2D eigenvalue weighted by molar-refractivity contribution is 5.76. The van der Waals surface area contributed by atoms with E-state index in [4.69, 9.17) is 10.5 Å². The van der Waals surface area contributed by atoms with Crippen LogP contribution in [0.3, 0.4) is 0 Å². The van der Waals surface area contributed by atoms with Crippen LogP contribution in [0.2, 0.25) is 0 Å². The van der Waals surface area contributed by atoms with Crippen molar-refractivity contribution in [2.24, 2.45) is 0 Å². The average Bonchev–Trinajstić information content (AvgIpc) is 2.73. The van der Waals surface area contributed by atoms with Crippen molar-refractivity contribution >= 4 is 11.9 Å². The first kappa shape index (κ1) is 10.8. The van der Waals surface area contributed by atoms with E-state index >= 15 is 0 Å². The van der Waals surface area contributed by atoms with E-state index in [1.165, 1.54) is 4.68 Å². The van der Waals surface area contributed by atoms with Gasteiger partial charge >= 0.3 is 0 Å². The molecule has 0 saturated carbocycles. The van der Waals surface area contributed by atoms with Crippen LogP contribution in [0.4, 0.5) is 5.95 Å². The smallest absolute Gasteiger partial charge is 0.240 e. The predicted molar refractivity (Wildman–Crippen MR) is 54.2 cm³/mol. The van der Waals surface area contributed by atoms with Crippen LogP contribution >= 0.6 is 0 Å². The van der Waals surface area contributed by atoms with Gasteiger partial charge in [0.15, 0.2) is 0 Å². The van der Waals surface area contributed by atoms with Crippen LogP contribution < -0.4 is 5.73 Å². The zero-order valence-electron chi connectivity index (χ0n) is 8.87. The second kappa shape index (κ2) is 4.88. The Morgan fingerprint density at radius 3 is 2.81 bits per heavy atom. The van der Waals surface area contributed by atoms with Gasteiger partial charge < -0.3 is 15.4 Å². The summed E-state index contributed by atoms with van der Waals surface area (Å²) in [6, 6.07) is 0. The van der Waals surface area contributed by atoms with Crippen molar-refractivity contribution in [3.8, 4) is 0 Å². The van der Waals surface area contributed by atoms with Crippen molar-refractivity contribution in [3.63, 3.8) is 0 Å². The van der Waals surface area contributed by atoms with E-state index in [0.29, 0.717) is 39.3 Å². The van der Waals surface area contributed by atoms with E-state index in [0.717, 1.165) is 0 Å². The lowest BCUT2D eigenvalue weighted by Gasteiger charge is -2.26. The molecule has 1 aliphatic heterocycles. The summed E-state index contributed by atoms with van der Waals surface area (Å²) < 4.78 is 6.58. The van der Waals surface area contributed by atoms with Crippen LogP contribution in [-0.4, -0.2) is 57.3 Å². The Bertz CT molecular complexity index is 359. The Hall–Kier alpha value is -1.70. The maximum absolute atomic E-state index is 11.8. The molecule has 2 heterocycles. The van der Waals surface area contributed by atoms with Crippen LogP contribution in [0.1, 0.15) is 6.42 Å². The molecule has 1 saturated heterocycles. The number of nitrogens with zero attached hydrogens (tertiary/aromatic N) is 5. The Morgan fingerprint density at radius 1 is 1.44 bits per heavy atom. The largest absolute Gasteiger partial charge is 0.378 e. The number of carbonyl (C=O) groups excluding carboxylic acids is 1. The summed E-state index contributed by atoms with van der Waals surface area (Å²) in [6.07, 6.45) is 0.356. The highest BCUT2D eigenvalue weighted by Crippen LogP contribution is 2.02. The summed E-state index contributed by atoms with van der Waals surface area (Å²) in [7, 11) is 0. The van der Waals surface area contributed by atoms with E-state index in [9.17, 15) is 4.79 Å². The third-order valence-electron chi connectivity index (χ3n) is 2.46. The molecular formula is C8H14N6O2. The van der Waals surface area contributed by atoms with Crippen molar-refractivity contribution in [2.75, 3.05) is 32.0 Å². The first-order valence-electron chi connectivity index (χ1n) is 5.14. The summed E-state index contributed by atoms with van der Waals surface area (Å²) in [4.78, 5) is 13.5. The fourth-order valence-electron chi connectivity index (χ4n) is 1.54. The summed E-state index contributed by atoms with van der Waals surface area (Å²) in [6.45, 7) is 2.94. The van der Waals surface area contributed by atoms with Crippen molar-refractivity contribution in [2.45, 2.75) is 13.0 Å². The third kappa shape index (κ3) is 2.45. The summed E-state index contributed by atoms with van der Waals surface area (Å²) in [5.74, 6) is 0.313. The minimum atomic E-state index is 0.0817. The van der Waals surface area contributed by atoms with Crippen LogP contribution in [0.25, 0.3) is 0 Å². The monoisotopic (exact) mass is 226 g/mol. The summed E-state index contributed by atoms with van der Waals surface area (Å²) in [5.41, 5.74) is 5.49. The number of amides is 1. The van der Waals surface area contributed by atoms with Crippen molar-refractivity contribution in [1.82, 2.24) is 25.1 Å². The molecule has 1 amide bonds. The molecule has 0 aromatic carbocycles. The summed E-state index contributed by atoms with van der Waals surface area (Å²) in [5, 5.41) is 10.6. The number of aromatic nitrogens is 4. The number of rotatable bonds is 3. The topological polar surface area (TPSA) is 99.2 Å². The maximum atomic E-state index is 11.8. The molecule has 0 bridgehead atoms. The van der Waals surface area contributed by atoms with Gasteiger partial charge in [0.05, 0.1) is 19.8 Å². The number of hydrogen-bond acceptors (Lipinski definition) is 6. The SMILES string of the molecule is Nc1nnnn1CCC(=O)N1CCOCC1. The van der Waals surface area contributed by atoms with Gasteiger partial charge in [0, 0.05) is 19.5 Å². The Labute approximate surface area is 92.3 Å². The average molecular weight is 226 g/mol. The Balaban J connectivity index is 1.81. The fraction of sp³-hybridized carbons (Fsp3) is 0.750. The second-order valence-corrected chi connectivity index (χ2v) is 3.50. The van der Waals surface area contributed by atoms with Gasteiger partial charge in [-0.3, -0.25) is 4.79 Å². The number of nitrogens with two attached hydrogens (primary N) is 1. The van der Waals surface area contributed by atoms with Crippen LogP contribution in [0, 0.1) is 0 Å². The second-order valence-electron chi connectivity index (χ2n) is 3.50. The van der Waals surface area contributed by atoms with E-state index in [-0.39, 0.29) is 11.9 Å². The highest BCUT2D eigenvalue weighted by Gasteiger charge is 2.16. The minimum Gasteiger partial charge on any atom is -0.378 e. The summed E-state index contributed by atoms with van der Waals surface area (Å²) >= 11 is 0. The van der Waals surface area contributed by atoms with Crippen molar-refractivity contribution < 1.29 is 9.53 Å². The predicted octanol–water partition coefficient (Wildman–Crippen LogP) is -1.50. The van der Waals surface area contributed by atoms with Crippen LogP contribution in [0.15, 0.2) is 0 Å². The van der Waals surface area contributed by atoms with Gasteiger partial charge in [0.2, 0.25) is 11.9 Å². The number of aryl methyl sites for hydroxylation is 1. The lowest BCUT2D eigenvalue weighted by atomic mass is 10.3. The molecule has 8 nitrogen and oxygen atoms in total. The molecule has 1 aromatic heterocycles. The number of ether oxygens (including phenoxy) is 1. The minimum absolute atomic E-state index is 0.0817. The Kier molecular flexibility index (Phi) is 3.30. The number of carbonyl (C=O) groups is 1. The standard InChI is InChI=1S/C8H14N6O2/c9-8-10-11-12-14(8)2-1-7(15)13-3-5-16-6-4-13/h1-6H2,(H2,9,10,12). The fourth-order valence-corrected chi connectivity index (χ4v) is 1.54. The molecule has 8 heteroatoms. The van der Waals surface area contributed by atoms with Gasteiger partial charge in [-0.15, -0.1) is 0 Å². The zero-order chi connectivity index (χ0) is 11.4. The number of morpholine rings is 1. The normalized spacial score (nSPS) is 16.4. The molecule has 16 heavy (non-hydrogen) atoms. The molecule has 1 aliphatic rings. The van der Waals surface area contributed by atoms with Gasteiger partial charge in [-0.1, -0.05) is 5.10 Å². The van der Waals surface area contributed by atoms with E-state index in [1.807, 2.05) is 0 Å². The molecule has 2 rings (SSSR count). The molecule has 0 atom stereocenters. The van der Waals surface area contributed by atoms with Crippen molar-refractivity contribution in [3.05, 3.63) is 0 Å². The quantitative estimate of drug-likeness (QED) is 0.673. The van der Waals surface area contributed by atoms with Gasteiger partial charge in [-0.2, -0.15) is 0 Å². The zero-order valence-corrected chi connectivity index (χ0v) is 8.87. The first-order chi connectivity index (χ1) is 7.77. The number of anilines is 1. The van der Waals surface area contributed by atoms with Gasteiger partial charge in [0.25, 0.3) is 0 Å². The molecule has 1 aromatic rings. The molecule has 88 valence electrons. The van der Waals surface area contributed by atoms with Crippen LogP contribution in [0.5, 0.6) is 0 Å². The van der Waals surface area contributed by atoms with Crippen LogP contribution in [-0.2, 0) is 16.1 Å². The number of tetrazole rings is 1. The number of hydrogen-bond donors (Lipinski definition) is 1. The molecule has 0 spiro atoms. The lowest BCUT2D eigenvalue weighted by Crippen LogP contribution is -2.41. The Morgan fingerprint density at radius 2 is 2.19 bits per heavy atom. The van der Waals surface area contributed by atoms with E-state index in [2.05, 4.69) is 15.5 Å². The maximum Gasteiger partial charge on any atom is 0.240 e. The van der Waals surface area contributed by atoms with Gasteiger partial charge in [-0.05, 0) is 10.4 Å². The molecule has 0 radical (unpaired) electrons. The van der Waals surface area contributed by atoms with Gasteiger partial charge in [-0.25, -0.2) is 4.68 Å². The van der Waals surface area contributed by atoms with Crippen molar-refractivity contribution in [1.29, 1.82) is 0 Å². The third-order valence-corrected chi connectivity index (χ3v) is 2.46. The molecule has 1 fully saturated rings. The molecular weight excluding hydrogens is 212 g/mol. The molecule has 0 unspecified atom stereocenters. The van der Waals surface area contributed by atoms with Gasteiger partial charge in [0.1, 0.15) is 0 Å². The number of nitrogen functional groups attached to an aromatic ring is 1.